The number of ether oxygens (including phenoxy) is 1. The van der Waals surface area contributed by atoms with E-state index in [1.165, 1.54) is 11.1 Å². The van der Waals surface area contributed by atoms with E-state index in [0.717, 1.165) is 11.3 Å². The molecule has 1 aromatic heterocycles. The number of amides is 1. The van der Waals surface area contributed by atoms with E-state index in [0.29, 0.717) is 6.42 Å². The predicted octanol–water partition coefficient (Wildman–Crippen LogP) is 3.55. The van der Waals surface area contributed by atoms with Gasteiger partial charge >= 0.3 is 0 Å². The number of rotatable bonds is 2. The van der Waals surface area contributed by atoms with E-state index in [9.17, 15) is 4.79 Å². The van der Waals surface area contributed by atoms with E-state index in [4.69, 9.17) is 4.74 Å². The SMILES string of the molecule is CC1(C)O[C@@H]2Cc3ccccc3[C@@H]2N1C(=O)Cc1cccs1. The highest BCUT2D eigenvalue weighted by molar-refractivity contribution is 7.10. The van der Waals surface area contributed by atoms with Gasteiger partial charge in [-0.2, -0.15) is 0 Å². The Labute approximate surface area is 134 Å². The van der Waals surface area contributed by atoms with E-state index < -0.39 is 5.72 Å². The first-order valence-electron chi connectivity index (χ1n) is 7.66. The third-order valence-electron chi connectivity index (χ3n) is 4.62. The Kier molecular flexibility index (Phi) is 3.13. The molecule has 1 aliphatic carbocycles. The topological polar surface area (TPSA) is 29.5 Å². The van der Waals surface area contributed by atoms with E-state index in [-0.39, 0.29) is 18.1 Å². The minimum absolute atomic E-state index is 0.0543. The molecule has 4 rings (SSSR count). The van der Waals surface area contributed by atoms with Crippen LogP contribution in [-0.2, 0) is 22.4 Å². The molecule has 2 aromatic rings. The quantitative estimate of drug-likeness (QED) is 0.848. The van der Waals surface area contributed by atoms with Crippen LogP contribution >= 0.6 is 11.3 Å². The van der Waals surface area contributed by atoms with Crippen LogP contribution in [0.2, 0.25) is 0 Å². The lowest BCUT2D eigenvalue weighted by Gasteiger charge is -2.34. The zero-order chi connectivity index (χ0) is 15.3. The van der Waals surface area contributed by atoms with Gasteiger partial charge in [-0.1, -0.05) is 30.3 Å². The highest BCUT2D eigenvalue weighted by atomic mass is 32.1. The highest BCUT2D eigenvalue weighted by Crippen LogP contribution is 2.48. The summed E-state index contributed by atoms with van der Waals surface area (Å²) >= 11 is 1.63. The van der Waals surface area contributed by atoms with Gasteiger partial charge in [0.05, 0.1) is 18.6 Å². The number of hydrogen-bond donors (Lipinski definition) is 0. The van der Waals surface area contributed by atoms with Gasteiger partial charge in [0.25, 0.3) is 0 Å². The van der Waals surface area contributed by atoms with Crippen molar-refractivity contribution in [1.29, 1.82) is 0 Å². The van der Waals surface area contributed by atoms with Crippen molar-refractivity contribution in [2.24, 2.45) is 0 Å². The zero-order valence-electron chi connectivity index (χ0n) is 12.8. The Morgan fingerprint density at radius 2 is 2.14 bits per heavy atom. The molecule has 22 heavy (non-hydrogen) atoms. The number of nitrogens with zero attached hydrogens (tertiary/aromatic N) is 1. The highest BCUT2D eigenvalue weighted by Gasteiger charge is 2.53. The first kappa shape index (κ1) is 14.0. The van der Waals surface area contributed by atoms with Crippen LogP contribution in [0.4, 0.5) is 0 Å². The molecule has 2 heterocycles. The molecular formula is C18H19NO2S. The van der Waals surface area contributed by atoms with Gasteiger partial charge in [-0.25, -0.2) is 0 Å². The monoisotopic (exact) mass is 313 g/mol. The minimum Gasteiger partial charge on any atom is -0.350 e. The molecule has 3 nitrogen and oxygen atoms in total. The van der Waals surface area contributed by atoms with Crippen molar-refractivity contribution in [3.05, 3.63) is 57.8 Å². The normalized spacial score (nSPS) is 25.1. The number of carbonyl (C=O) groups excluding carboxylic acids is 1. The van der Waals surface area contributed by atoms with Crippen molar-refractivity contribution in [1.82, 2.24) is 4.90 Å². The maximum atomic E-state index is 12.9. The smallest absolute Gasteiger partial charge is 0.230 e. The van der Waals surface area contributed by atoms with Gasteiger partial charge in [0.2, 0.25) is 5.91 Å². The molecule has 4 heteroatoms. The summed E-state index contributed by atoms with van der Waals surface area (Å²) in [5, 5.41) is 2.02. The second-order valence-corrected chi connectivity index (χ2v) is 7.50. The van der Waals surface area contributed by atoms with Crippen LogP contribution in [0, 0.1) is 0 Å². The van der Waals surface area contributed by atoms with Crippen LogP contribution < -0.4 is 0 Å². The molecular weight excluding hydrogens is 294 g/mol. The second kappa shape index (κ2) is 4.93. The summed E-state index contributed by atoms with van der Waals surface area (Å²) < 4.78 is 6.22. The third kappa shape index (κ3) is 2.09. The lowest BCUT2D eigenvalue weighted by Crippen LogP contribution is -2.45. The van der Waals surface area contributed by atoms with E-state index >= 15 is 0 Å². The summed E-state index contributed by atoms with van der Waals surface area (Å²) in [6.45, 7) is 4.00. The molecule has 0 saturated carbocycles. The van der Waals surface area contributed by atoms with E-state index in [1.807, 2.05) is 36.3 Å². The molecule has 1 amide bonds. The van der Waals surface area contributed by atoms with Gasteiger partial charge < -0.3 is 9.64 Å². The Bertz CT molecular complexity index is 708. The van der Waals surface area contributed by atoms with Crippen molar-refractivity contribution in [3.63, 3.8) is 0 Å². The molecule has 2 aliphatic rings. The number of thiophene rings is 1. The molecule has 114 valence electrons. The van der Waals surface area contributed by atoms with E-state index in [1.54, 1.807) is 11.3 Å². The van der Waals surface area contributed by atoms with Gasteiger partial charge in [0.15, 0.2) is 0 Å². The van der Waals surface area contributed by atoms with Gasteiger partial charge in [0.1, 0.15) is 5.72 Å². The molecule has 1 saturated heterocycles. The molecule has 1 aromatic carbocycles. The van der Waals surface area contributed by atoms with Gasteiger partial charge in [-0.05, 0) is 36.4 Å². The Balaban J connectivity index is 1.68. The first-order chi connectivity index (χ1) is 10.6. The van der Waals surface area contributed by atoms with Crippen LogP contribution in [0.15, 0.2) is 41.8 Å². The average molecular weight is 313 g/mol. The van der Waals surface area contributed by atoms with Crippen molar-refractivity contribution < 1.29 is 9.53 Å². The van der Waals surface area contributed by atoms with Crippen molar-refractivity contribution >= 4 is 17.2 Å². The summed E-state index contributed by atoms with van der Waals surface area (Å²) in [5.74, 6) is 0.150. The number of benzene rings is 1. The predicted molar refractivity (Wildman–Crippen MR) is 86.7 cm³/mol. The fourth-order valence-electron chi connectivity index (χ4n) is 3.81. The first-order valence-corrected chi connectivity index (χ1v) is 8.54. The van der Waals surface area contributed by atoms with Crippen LogP contribution in [0.25, 0.3) is 0 Å². The Morgan fingerprint density at radius 3 is 2.91 bits per heavy atom. The fraction of sp³-hybridized carbons (Fsp3) is 0.389. The van der Waals surface area contributed by atoms with Crippen LogP contribution in [-0.4, -0.2) is 22.6 Å². The number of carbonyl (C=O) groups is 1. The molecule has 1 fully saturated rings. The van der Waals surface area contributed by atoms with Gasteiger partial charge in [0, 0.05) is 11.3 Å². The number of hydrogen-bond acceptors (Lipinski definition) is 3. The van der Waals surface area contributed by atoms with Gasteiger partial charge in [-0.15, -0.1) is 11.3 Å². The fourth-order valence-corrected chi connectivity index (χ4v) is 4.51. The van der Waals surface area contributed by atoms with Crippen LogP contribution in [0.3, 0.4) is 0 Å². The van der Waals surface area contributed by atoms with Crippen LogP contribution in [0.5, 0.6) is 0 Å². The molecule has 0 spiro atoms. The molecule has 0 radical (unpaired) electrons. The average Bonchev–Trinajstić information content (AvgIpc) is 3.12. The largest absolute Gasteiger partial charge is 0.350 e. The molecule has 0 unspecified atom stereocenters. The summed E-state index contributed by atoms with van der Waals surface area (Å²) in [6, 6.07) is 12.5. The van der Waals surface area contributed by atoms with E-state index in [2.05, 4.69) is 24.3 Å². The van der Waals surface area contributed by atoms with Gasteiger partial charge in [-0.3, -0.25) is 4.79 Å². The Morgan fingerprint density at radius 1 is 1.32 bits per heavy atom. The standard InChI is InChI=1S/C18H19NO2S/c1-18(2)19(16(20)11-13-7-5-9-22-13)17-14-8-4-3-6-12(14)10-15(17)21-18/h3-9,15,17H,10-11H2,1-2H3/t15-,17+/m1/s1. The lowest BCUT2D eigenvalue weighted by molar-refractivity contribution is -0.147. The van der Waals surface area contributed by atoms with Crippen LogP contribution in [0.1, 0.15) is 35.9 Å². The molecule has 0 N–H and O–H groups in total. The number of fused-ring (bicyclic) bond motifs is 3. The van der Waals surface area contributed by atoms with Crippen molar-refractivity contribution in [2.45, 2.75) is 44.6 Å². The second-order valence-electron chi connectivity index (χ2n) is 6.47. The summed E-state index contributed by atoms with van der Waals surface area (Å²) in [7, 11) is 0. The van der Waals surface area contributed by atoms with Crippen molar-refractivity contribution in [2.75, 3.05) is 0 Å². The minimum atomic E-state index is -0.544. The lowest BCUT2D eigenvalue weighted by atomic mass is 10.0. The molecule has 1 aliphatic heterocycles. The molecule has 0 bridgehead atoms. The van der Waals surface area contributed by atoms with Crippen molar-refractivity contribution in [3.8, 4) is 0 Å². The summed E-state index contributed by atoms with van der Waals surface area (Å²) in [4.78, 5) is 16.0. The maximum Gasteiger partial charge on any atom is 0.230 e. The third-order valence-corrected chi connectivity index (χ3v) is 5.50. The maximum absolute atomic E-state index is 12.9. The molecule has 2 atom stereocenters. The summed E-state index contributed by atoms with van der Waals surface area (Å²) in [6.07, 6.45) is 1.43. The Hall–Kier alpha value is -1.65. The summed E-state index contributed by atoms with van der Waals surface area (Å²) in [5.41, 5.74) is 2.01. The zero-order valence-corrected chi connectivity index (χ0v) is 13.6.